The van der Waals surface area contributed by atoms with Crippen LogP contribution in [0.15, 0.2) is 42.7 Å². The van der Waals surface area contributed by atoms with Crippen LogP contribution in [0.4, 0.5) is 16.2 Å². The summed E-state index contributed by atoms with van der Waals surface area (Å²) >= 11 is 0. The fourth-order valence-corrected chi connectivity index (χ4v) is 2.00. The average Bonchev–Trinajstić information content (AvgIpc) is 2.56. The number of nitrogens with one attached hydrogen (secondary N) is 3. The van der Waals surface area contributed by atoms with Crippen LogP contribution in [-0.4, -0.2) is 16.9 Å². The van der Waals surface area contributed by atoms with Crippen molar-refractivity contribution < 1.29 is 9.59 Å². The molecule has 6 heteroatoms. The maximum absolute atomic E-state index is 12.1. The fourth-order valence-electron chi connectivity index (χ4n) is 2.00. The average molecular weight is 340 g/mol. The molecule has 0 bridgehead atoms. The number of pyridine rings is 1. The zero-order chi connectivity index (χ0) is 18.4. The molecule has 1 heterocycles. The van der Waals surface area contributed by atoms with Gasteiger partial charge in [0.05, 0.1) is 0 Å². The summed E-state index contributed by atoms with van der Waals surface area (Å²) in [4.78, 5) is 28.1. The third-order valence-corrected chi connectivity index (χ3v) is 3.63. The van der Waals surface area contributed by atoms with E-state index in [1.165, 1.54) is 0 Å². The molecule has 2 aromatic rings. The van der Waals surface area contributed by atoms with Crippen LogP contribution in [0, 0.1) is 12.3 Å². The Balaban J connectivity index is 2.00. The number of hydrogen-bond donors (Lipinski definition) is 3. The van der Waals surface area contributed by atoms with E-state index >= 15 is 0 Å². The summed E-state index contributed by atoms with van der Waals surface area (Å²) in [5.41, 5.74) is 2.69. The van der Waals surface area contributed by atoms with Gasteiger partial charge in [-0.2, -0.15) is 0 Å². The molecule has 0 aliphatic carbocycles. The lowest BCUT2D eigenvalue weighted by atomic mass is 9.95. The summed E-state index contributed by atoms with van der Waals surface area (Å²) < 4.78 is 0. The molecule has 0 saturated heterocycles. The van der Waals surface area contributed by atoms with Crippen molar-refractivity contribution in [2.75, 3.05) is 10.6 Å². The molecule has 3 N–H and O–H groups in total. The highest BCUT2D eigenvalue weighted by Crippen LogP contribution is 2.23. The third-order valence-electron chi connectivity index (χ3n) is 3.63. The van der Waals surface area contributed by atoms with Crippen molar-refractivity contribution in [2.24, 2.45) is 5.41 Å². The van der Waals surface area contributed by atoms with Crippen LogP contribution < -0.4 is 16.0 Å². The Labute approximate surface area is 148 Å². The van der Waals surface area contributed by atoms with Crippen molar-refractivity contribution >= 4 is 23.3 Å². The van der Waals surface area contributed by atoms with Gasteiger partial charge in [-0.3, -0.25) is 9.78 Å². The van der Waals surface area contributed by atoms with E-state index in [1.807, 2.05) is 52.0 Å². The number of aromatic nitrogens is 1. The fraction of sp³-hybridized carbons (Fsp3) is 0.316. The summed E-state index contributed by atoms with van der Waals surface area (Å²) in [5, 5.41) is 8.47. The van der Waals surface area contributed by atoms with Gasteiger partial charge in [0.2, 0.25) is 5.91 Å². The summed E-state index contributed by atoms with van der Waals surface area (Å²) in [6, 6.07) is 8.81. The second kappa shape index (κ2) is 7.79. The predicted octanol–water partition coefficient (Wildman–Crippen LogP) is 3.70. The van der Waals surface area contributed by atoms with E-state index in [0.29, 0.717) is 17.9 Å². The van der Waals surface area contributed by atoms with Gasteiger partial charge in [0, 0.05) is 35.7 Å². The number of aryl methyl sites for hydroxylation is 1. The standard InChI is InChI=1S/C19H24N4O2/c1-13-5-6-15(22-17(24)19(2,3)4)11-16(13)23-18(25)21-12-14-7-9-20-10-8-14/h5-11H,12H2,1-4H3,(H,22,24)(H2,21,23,25). The van der Waals surface area contributed by atoms with Crippen LogP contribution >= 0.6 is 0 Å². The van der Waals surface area contributed by atoms with Crippen molar-refractivity contribution in [3.63, 3.8) is 0 Å². The van der Waals surface area contributed by atoms with Gasteiger partial charge >= 0.3 is 6.03 Å². The van der Waals surface area contributed by atoms with Crippen molar-refractivity contribution in [1.82, 2.24) is 10.3 Å². The summed E-state index contributed by atoms with van der Waals surface area (Å²) in [7, 11) is 0. The minimum atomic E-state index is -0.486. The first-order valence-corrected chi connectivity index (χ1v) is 8.11. The Kier molecular flexibility index (Phi) is 5.75. The van der Waals surface area contributed by atoms with Crippen LogP contribution in [0.1, 0.15) is 31.9 Å². The van der Waals surface area contributed by atoms with Crippen LogP contribution in [-0.2, 0) is 11.3 Å². The number of urea groups is 1. The molecule has 0 atom stereocenters. The van der Waals surface area contributed by atoms with Crippen LogP contribution in [0.5, 0.6) is 0 Å². The Morgan fingerprint density at radius 3 is 2.36 bits per heavy atom. The second-order valence-electron chi connectivity index (χ2n) is 6.90. The molecule has 132 valence electrons. The zero-order valence-corrected chi connectivity index (χ0v) is 15.0. The van der Waals surface area contributed by atoms with E-state index in [1.54, 1.807) is 18.5 Å². The van der Waals surface area contributed by atoms with Gasteiger partial charge in [0.25, 0.3) is 0 Å². The van der Waals surface area contributed by atoms with Crippen LogP contribution in [0.3, 0.4) is 0 Å². The van der Waals surface area contributed by atoms with Gasteiger partial charge in [0.15, 0.2) is 0 Å². The van der Waals surface area contributed by atoms with E-state index in [2.05, 4.69) is 20.9 Å². The molecule has 0 fully saturated rings. The van der Waals surface area contributed by atoms with Crippen LogP contribution in [0.25, 0.3) is 0 Å². The van der Waals surface area contributed by atoms with E-state index < -0.39 is 5.41 Å². The first kappa shape index (κ1) is 18.4. The van der Waals surface area contributed by atoms with Crippen molar-refractivity contribution in [3.05, 3.63) is 53.9 Å². The molecule has 2 rings (SSSR count). The molecule has 0 aliphatic rings. The molecule has 1 aromatic heterocycles. The molecule has 0 spiro atoms. The molecule has 0 aliphatic heterocycles. The summed E-state index contributed by atoms with van der Waals surface area (Å²) in [6.07, 6.45) is 3.36. The first-order chi connectivity index (χ1) is 11.8. The molecule has 1 aromatic carbocycles. The number of rotatable bonds is 4. The Hall–Kier alpha value is -2.89. The predicted molar refractivity (Wildman–Crippen MR) is 99.4 cm³/mol. The van der Waals surface area contributed by atoms with Crippen molar-refractivity contribution in [3.8, 4) is 0 Å². The van der Waals surface area contributed by atoms with Gasteiger partial charge in [0.1, 0.15) is 0 Å². The SMILES string of the molecule is Cc1ccc(NC(=O)C(C)(C)C)cc1NC(=O)NCc1ccncc1. The maximum Gasteiger partial charge on any atom is 0.319 e. The number of amides is 3. The topological polar surface area (TPSA) is 83.1 Å². The largest absolute Gasteiger partial charge is 0.334 e. The quantitative estimate of drug-likeness (QED) is 0.793. The molecule has 0 unspecified atom stereocenters. The van der Waals surface area contributed by atoms with E-state index in [4.69, 9.17) is 0 Å². The highest BCUT2D eigenvalue weighted by atomic mass is 16.2. The summed E-state index contributed by atoms with van der Waals surface area (Å²) in [5.74, 6) is -0.0792. The van der Waals surface area contributed by atoms with Gasteiger partial charge in [-0.1, -0.05) is 26.8 Å². The monoisotopic (exact) mass is 340 g/mol. The number of benzene rings is 1. The maximum atomic E-state index is 12.1. The van der Waals surface area contributed by atoms with E-state index in [-0.39, 0.29) is 11.9 Å². The first-order valence-electron chi connectivity index (χ1n) is 8.11. The molecule has 0 saturated carbocycles. The number of nitrogens with zero attached hydrogens (tertiary/aromatic N) is 1. The Morgan fingerprint density at radius 2 is 1.72 bits per heavy atom. The number of anilines is 2. The van der Waals surface area contributed by atoms with Crippen molar-refractivity contribution in [1.29, 1.82) is 0 Å². The van der Waals surface area contributed by atoms with Crippen LogP contribution in [0.2, 0.25) is 0 Å². The highest BCUT2D eigenvalue weighted by molar-refractivity contribution is 5.96. The Bertz CT molecular complexity index is 752. The zero-order valence-electron chi connectivity index (χ0n) is 15.0. The second-order valence-corrected chi connectivity index (χ2v) is 6.90. The van der Waals surface area contributed by atoms with E-state index in [9.17, 15) is 9.59 Å². The molecule has 25 heavy (non-hydrogen) atoms. The molecule has 6 nitrogen and oxygen atoms in total. The molecular formula is C19H24N4O2. The normalized spacial score (nSPS) is 10.9. The Morgan fingerprint density at radius 1 is 1.04 bits per heavy atom. The molecule has 3 amide bonds. The van der Waals surface area contributed by atoms with Gasteiger partial charge in [-0.05, 0) is 42.3 Å². The lowest BCUT2D eigenvalue weighted by Gasteiger charge is -2.18. The summed E-state index contributed by atoms with van der Waals surface area (Å²) in [6.45, 7) is 7.86. The molecule has 0 radical (unpaired) electrons. The van der Waals surface area contributed by atoms with Gasteiger partial charge in [-0.25, -0.2) is 4.79 Å². The number of hydrogen-bond acceptors (Lipinski definition) is 3. The third kappa shape index (κ3) is 5.60. The van der Waals surface area contributed by atoms with E-state index in [0.717, 1.165) is 11.1 Å². The van der Waals surface area contributed by atoms with Gasteiger partial charge in [-0.15, -0.1) is 0 Å². The lowest BCUT2D eigenvalue weighted by molar-refractivity contribution is -0.123. The minimum Gasteiger partial charge on any atom is -0.334 e. The lowest BCUT2D eigenvalue weighted by Crippen LogP contribution is -2.29. The number of carbonyl (C=O) groups excluding carboxylic acids is 2. The molecular weight excluding hydrogens is 316 g/mol. The highest BCUT2D eigenvalue weighted by Gasteiger charge is 2.21. The van der Waals surface area contributed by atoms with Crippen molar-refractivity contribution in [2.45, 2.75) is 34.2 Å². The smallest absolute Gasteiger partial charge is 0.319 e. The van der Waals surface area contributed by atoms with Gasteiger partial charge < -0.3 is 16.0 Å². The minimum absolute atomic E-state index is 0.0792. The number of carbonyl (C=O) groups is 2.